The van der Waals surface area contributed by atoms with Gasteiger partial charge in [0.25, 0.3) is 0 Å². The largest absolute Gasteiger partial charge is 0.389 e. The lowest BCUT2D eigenvalue weighted by Gasteiger charge is -2.06. The first-order valence-electron chi connectivity index (χ1n) is 7.17. The Labute approximate surface area is 133 Å². The standard InChI is InChI=1S/C17H17ClO2S/c18-17-14-3-1-2-4-15(14)21-16(17)10-13(20)8-6-11-5-7-12(19)9-11/h1-4,6,8,11,13,20H,5,7,9-10H2/b8-6+/t11-,13?/m1/s1. The summed E-state index contributed by atoms with van der Waals surface area (Å²) in [6.07, 6.45) is 5.97. The molecule has 4 heteroatoms. The van der Waals surface area contributed by atoms with Crippen molar-refractivity contribution in [2.24, 2.45) is 5.92 Å². The van der Waals surface area contributed by atoms with Gasteiger partial charge in [0.05, 0.1) is 11.1 Å². The van der Waals surface area contributed by atoms with Gasteiger partial charge < -0.3 is 5.11 Å². The van der Waals surface area contributed by atoms with Crippen LogP contribution in [-0.2, 0) is 11.2 Å². The zero-order chi connectivity index (χ0) is 14.8. The van der Waals surface area contributed by atoms with Gasteiger partial charge in [-0.05, 0) is 18.4 Å². The maximum absolute atomic E-state index is 11.2. The summed E-state index contributed by atoms with van der Waals surface area (Å²) in [5.41, 5.74) is 0. The number of aliphatic hydroxyl groups is 1. The number of hydrogen-bond donors (Lipinski definition) is 1. The van der Waals surface area contributed by atoms with E-state index >= 15 is 0 Å². The van der Waals surface area contributed by atoms with E-state index in [-0.39, 0.29) is 0 Å². The van der Waals surface area contributed by atoms with Crippen LogP contribution in [0.3, 0.4) is 0 Å². The van der Waals surface area contributed by atoms with Crippen molar-refractivity contribution < 1.29 is 9.90 Å². The Hall–Kier alpha value is -1.16. The van der Waals surface area contributed by atoms with Gasteiger partial charge in [-0.25, -0.2) is 0 Å². The summed E-state index contributed by atoms with van der Waals surface area (Å²) < 4.78 is 1.15. The fraction of sp³-hybridized carbons (Fsp3) is 0.353. The summed E-state index contributed by atoms with van der Waals surface area (Å²) in [6.45, 7) is 0. The minimum absolute atomic E-state index is 0.296. The molecule has 1 unspecified atom stereocenters. The van der Waals surface area contributed by atoms with Crippen LogP contribution in [0.2, 0.25) is 5.02 Å². The predicted octanol–water partition coefficient (Wildman–Crippen LogP) is 4.38. The summed E-state index contributed by atoms with van der Waals surface area (Å²) in [5, 5.41) is 12.0. The van der Waals surface area contributed by atoms with Crippen LogP contribution in [-0.4, -0.2) is 17.0 Å². The highest BCUT2D eigenvalue weighted by Crippen LogP contribution is 2.36. The Kier molecular flexibility index (Phi) is 4.43. The highest BCUT2D eigenvalue weighted by Gasteiger charge is 2.20. The maximum atomic E-state index is 11.2. The van der Waals surface area contributed by atoms with Crippen molar-refractivity contribution in [3.63, 3.8) is 0 Å². The van der Waals surface area contributed by atoms with E-state index in [1.165, 1.54) is 0 Å². The predicted molar refractivity (Wildman–Crippen MR) is 88.0 cm³/mol. The first-order chi connectivity index (χ1) is 10.1. The van der Waals surface area contributed by atoms with Crippen molar-refractivity contribution in [3.8, 4) is 0 Å². The fourth-order valence-corrected chi connectivity index (χ4v) is 4.31. The number of allylic oxidation sites excluding steroid dienone is 1. The quantitative estimate of drug-likeness (QED) is 0.849. The monoisotopic (exact) mass is 320 g/mol. The summed E-state index contributed by atoms with van der Waals surface area (Å²) in [5.74, 6) is 0.622. The Morgan fingerprint density at radius 1 is 1.43 bits per heavy atom. The number of thiophene rings is 1. The van der Waals surface area contributed by atoms with Crippen LogP contribution in [0.5, 0.6) is 0 Å². The van der Waals surface area contributed by atoms with Crippen LogP contribution in [0.15, 0.2) is 36.4 Å². The molecule has 2 aromatic rings. The maximum Gasteiger partial charge on any atom is 0.133 e. The van der Waals surface area contributed by atoms with Gasteiger partial charge >= 0.3 is 0 Å². The molecule has 0 aliphatic heterocycles. The third-order valence-corrected chi connectivity index (χ3v) is 5.62. The number of halogens is 1. The molecule has 0 spiro atoms. The number of fused-ring (bicyclic) bond motifs is 1. The molecule has 1 saturated carbocycles. The van der Waals surface area contributed by atoms with E-state index in [0.717, 1.165) is 26.4 Å². The van der Waals surface area contributed by atoms with E-state index in [9.17, 15) is 9.90 Å². The molecule has 1 aliphatic carbocycles. The molecular weight excluding hydrogens is 304 g/mol. The number of hydrogen-bond acceptors (Lipinski definition) is 3. The van der Waals surface area contributed by atoms with Gasteiger partial charge in [-0.2, -0.15) is 0 Å². The van der Waals surface area contributed by atoms with Crippen molar-refractivity contribution in [2.45, 2.75) is 31.8 Å². The van der Waals surface area contributed by atoms with Crippen LogP contribution in [0.25, 0.3) is 10.1 Å². The molecule has 21 heavy (non-hydrogen) atoms. The number of aliphatic hydroxyl groups excluding tert-OH is 1. The molecule has 110 valence electrons. The van der Waals surface area contributed by atoms with E-state index in [2.05, 4.69) is 0 Å². The van der Waals surface area contributed by atoms with Gasteiger partial charge in [0.1, 0.15) is 5.78 Å². The van der Waals surface area contributed by atoms with Crippen LogP contribution in [0.4, 0.5) is 0 Å². The fourth-order valence-electron chi connectivity index (χ4n) is 2.75. The first-order valence-corrected chi connectivity index (χ1v) is 8.37. The lowest BCUT2D eigenvalue weighted by atomic mass is 10.1. The molecule has 1 N–H and O–H groups in total. The van der Waals surface area contributed by atoms with Crippen LogP contribution in [0, 0.1) is 5.92 Å². The highest BCUT2D eigenvalue weighted by atomic mass is 35.5. The molecule has 1 fully saturated rings. The molecule has 2 nitrogen and oxygen atoms in total. The average Bonchev–Trinajstić information content (AvgIpc) is 3.02. The number of rotatable bonds is 4. The molecule has 1 aromatic heterocycles. The zero-order valence-corrected chi connectivity index (χ0v) is 13.2. The second-order valence-electron chi connectivity index (χ2n) is 5.53. The minimum atomic E-state index is -0.550. The topological polar surface area (TPSA) is 37.3 Å². The molecular formula is C17H17ClO2S. The van der Waals surface area contributed by atoms with Crippen molar-refractivity contribution in [1.82, 2.24) is 0 Å². The van der Waals surface area contributed by atoms with Gasteiger partial charge in [-0.1, -0.05) is 42.0 Å². The Balaban J connectivity index is 1.68. The Morgan fingerprint density at radius 3 is 2.95 bits per heavy atom. The third kappa shape index (κ3) is 3.37. The van der Waals surface area contributed by atoms with Crippen molar-refractivity contribution >= 4 is 38.8 Å². The van der Waals surface area contributed by atoms with E-state index in [0.29, 0.717) is 31.0 Å². The van der Waals surface area contributed by atoms with Gasteiger partial charge in [0.15, 0.2) is 0 Å². The molecule has 2 atom stereocenters. The van der Waals surface area contributed by atoms with Crippen LogP contribution < -0.4 is 0 Å². The SMILES string of the molecule is O=C1CC[C@H](/C=C/C(O)Cc2sc3ccccc3c2Cl)C1. The average molecular weight is 321 g/mol. The van der Waals surface area contributed by atoms with Crippen molar-refractivity contribution in [2.75, 3.05) is 0 Å². The van der Waals surface area contributed by atoms with Crippen LogP contribution in [0.1, 0.15) is 24.1 Å². The molecule has 0 amide bonds. The summed E-state index contributed by atoms with van der Waals surface area (Å²) in [6, 6.07) is 8.01. The summed E-state index contributed by atoms with van der Waals surface area (Å²) >= 11 is 8.01. The zero-order valence-electron chi connectivity index (χ0n) is 11.6. The Bertz CT molecular complexity index is 689. The lowest BCUT2D eigenvalue weighted by Crippen LogP contribution is -2.06. The first kappa shape index (κ1) is 14.8. The molecule has 0 bridgehead atoms. The van der Waals surface area contributed by atoms with E-state index in [4.69, 9.17) is 11.6 Å². The van der Waals surface area contributed by atoms with Gasteiger partial charge in [0.2, 0.25) is 0 Å². The highest BCUT2D eigenvalue weighted by molar-refractivity contribution is 7.19. The molecule has 1 aromatic carbocycles. The number of carbonyl (C=O) groups excluding carboxylic acids is 1. The molecule has 1 aliphatic rings. The van der Waals surface area contributed by atoms with Gasteiger partial charge in [-0.15, -0.1) is 11.3 Å². The van der Waals surface area contributed by atoms with E-state index in [1.54, 1.807) is 11.3 Å². The van der Waals surface area contributed by atoms with E-state index in [1.807, 2.05) is 36.4 Å². The molecule has 0 saturated heterocycles. The molecule has 3 rings (SSSR count). The normalized spacial score (nSPS) is 20.7. The summed E-state index contributed by atoms with van der Waals surface area (Å²) in [4.78, 5) is 12.2. The van der Waals surface area contributed by atoms with Crippen molar-refractivity contribution in [1.29, 1.82) is 0 Å². The van der Waals surface area contributed by atoms with Crippen molar-refractivity contribution in [3.05, 3.63) is 46.3 Å². The number of carbonyl (C=O) groups is 1. The third-order valence-electron chi connectivity index (χ3n) is 3.89. The molecule has 0 radical (unpaired) electrons. The Morgan fingerprint density at radius 2 is 2.24 bits per heavy atom. The summed E-state index contributed by atoms with van der Waals surface area (Å²) in [7, 11) is 0. The number of ketones is 1. The lowest BCUT2D eigenvalue weighted by molar-refractivity contribution is -0.117. The van der Waals surface area contributed by atoms with Crippen LogP contribution >= 0.6 is 22.9 Å². The smallest absolute Gasteiger partial charge is 0.133 e. The number of Topliss-reactive ketones (excluding diaryl/α,β-unsaturated/α-hetero) is 1. The van der Waals surface area contributed by atoms with E-state index < -0.39 is 6.10 Å². The van der Waals surface area contributed by atoms with Gasteiger partial charge in [-0.3, -0.25) is 4.79 Å². The number of benzene rings is 1. The molecule has 1 heterocycles. The second kappa shape index (κ2) is 6.30. The van der Waals surface area contributed by atoms with Gasteiger partial charge in [0, 0.05) is 34.2 Å². The minimum Gasteiger partial charge on any atom is -0.389 e. The second-order valence-corrected chi connectivity index (χ2v) is 7.05.